The van der Waals surface area contributed by atoms with Gasteiger partial charge in [0.15, 0.2) is 0 Å². The second-order valence-corrected chi connectivity index (χ2v) is 3.25. The Morgan fingerprint density at radius 1 is 1.33 bits per heavy atom. The van der Waals surface area contributed by atoms with Crippen LogP contribution in [0.25, 0.3) is 0 Å². The van der Waals surface area contributed by atoms with Crippen molar-refractivity contribution in [2.24, 2.45) is 0 Å². The Bertz CT molecular complexity index is 48.2. The zero-order valence-corrected chi connectivity index (χ0v) is 11.4. The summed E-state index contributed by atoms with van der Waals surface area (Å²) in [5, 5.41) is 0. The van der Waals surface area contributed by atoms with E-state index in [9.17, 15) is 0 Å². The number of rotatable bonds is 4. The maximum absolute atomic E-state index is 2.88. The van der Waals surface area contributed by atoms with E-state index in [2.05, 4.69) is 23.1 Å². The predicted octanol–water partition coefficient (Wildman–Crippen LogP) is 2.83. The van der Waals surface area contributed by atoms with Gasteiger partial charge in [0.25, 0.3) is 0 Å². The van der Waals surface area contributed by atoms with E-state index in [1.807, 2.05) is 0 Å². The predicted molar refractivity (Wildman–Crippen MR) is 43.3 cm³/mol. The van der Waals surface area contributed by atoms with Crippen LogP contribution in [-0.4, -0.2) is 5.66 Å². The fourth-order valence-electron chi connectivity index (χ4n) is 0.670. The minimum atomic E-state index is 0. The summed E-state index contributed by atoms with van der Waals surface area (Å²) in [6, 6.07) is 0. The van der Waals surface area contributed by atoms with Gasteiger partial charge in [-0.15, -0.1) is 9.24 Å². The number of hydrogen-bond donors (Lipinski definition) is 0. The van der Waals surface area contributed by atoms with Crippen LogP contribution in [0, 0.1) is 41.3 Å². The molecule has 0 amide bonds. The van der Waals surface area contributed by atoms with Crippen molar-refractivity contribution in [1.82, 2.24) is 0 Å². The molecule has 53 valence electrons. The second kappa shape index (κ2) is 9.79. The largest absolute Gasteiger partial charge is 0.134 e. The molecule has 0 spiro atoms. The summed E-state index contributed by atoms with van der Waals surface area (Å²) in [5.41, 5.74) is 0.870. The van der Waals surface area contributed by atoms with Crippen molar-refractivity contribution >= 4 is 9.24 Å². The van der Waals surface area contributed by atoms with Crippen LogP contribution in [0.5, 0.6) is 0 Å². The first-order chi connectivity index (χ1) is 3.81. The van der Waals surface area contributed by atoms with Crippen molar-refractivity contribution in [3.8, 4) is 0 Å². The van der Waals surface area contributed by atoms with Crippen LogP contribution in [-0.2, 0) is 0 Å². The zero-order chi connectivity index (χ0) is 6.41. The van der Waals surface area contributed by atoms with Gasteiger partial charge >= 0.3 is 0 Å². The summed E-state index contributed by atoms with van der Waals surface area (Å²) in [6.07, 6.45) is 5.43. The molecule has 2 heteroatoms. The van der Waals surface area contributed by atoms with E-state index < -0.39 is 0 Å². The average Bonchev–Trinajstić information content (AvgIpc) is 1.83. The minimum Gasteiger partial charge on any atom is -0.134 e. The molecule has 0 fully saturated rings. The molecule has 0 bridgehead atoms. The van der Waals surface area contributed by atoms with Gasteiger partial charge < -0.3 is 0 Å². The smallest absolute Gasteiger partial charge is 0 e. The molecule has 0 aliphatic heterocycles. The molecule has 0 N–H and O–H groups in total. The Morgan fingerprint density at radius 2 is 1.89 bits per heavy atom. The van der Waals surface area contributed by atoms with Crippen LogP contribution in [0.1, 0.15) is 39.5 Å². The SMILES string of the molecule is CCCCC(P)CC.[Pr]. The van der Waals surface area contributed by atoms with Crippen LogP contribution in [0.2, 0.25) is 0 Å². The topological polar surface area (TPSA) is 0 Å². The van der Waals surface area contributed by atoms with Crippen LogP contribution in [0.15, 0.2) is 0 Å². The van der Waals surface area contributed by atoms with Crippen LogP contribution in [0.3, 0.4) is 0 Å². The van der Waals surface area contributed by atoms with E-state index in [1.165, 1.54) is 25.7 Å². The van der Waals surface area contributed by atoms with Gasteiger partial charge in [0.1, 0.15) is 0 Å². The molecule has 0 aromatic carbocycles. The fraction of sp³-hybridized carbons (Fsp3) is 1.00. The monoisotopic (exact) mass is 273 g/mol. The maximum Gasteiger partial charge on any atom is 0 e. The average molecular weight is 273 g/mol. The third-order valence-electron chi connectivity index (χ3n) is 1.45. The van der Waals surface area contributed by atoms with Crippen molar-refractivity contribution < 1.29 is 41.3 Å². The van der Waals surface area contributed by atoms with Crippen LogP contribution in [0.4, 0.5) is 0 Å². The van der Waals surface area contributed by atoms with Gasteiger partial charge in [0, 0.05) is 41.3 Å². The molecule has 0 aromatic rings. The Kier molecular flexibility index (Phi) is 14.6. The first kappa shape index (κ1) is 13.4. The molecule has 0 aliphatic carbocycles. The van der Waals surface area contributed by atoms with E-state index in [0.717, 1.165) is 5.66 Å². The molecule has 0 saturated carbocycles. The van der Waals surface area contributed by atoms with E-state index in [1.54, 1.807) is 0 Å². The third kappa shape index (κ3) is 9.79. The molecule has 2 atom stereocenters. The molecule has 0 saturated heterocycles. The van der Waals surface area contributed by atoms with Crippen molar-refractivity contribution in [3.05, 3.63) is 0 Å². The van der Waals surface area contributed by atoms with Gasteiger partial charge in [-0.2, -0.15) is 0 Å². The van der Waals surface area contributed by atoms with Crippen molar-refractivity contribution in [3.63, 3.8) is 0 Å². The molecule has 0 aromatic heterocycles. The van der Waals surface area contributed by atoms with Gasteiger partial charge in [-0.3, -0.25) is 0 Å². The Morgan fingerprint density at radius 3 is 2.22 bits per heavy atom. The molecule has 0 aliphatic rings. The summed E-state index contributed by atoms with van der Waals surface area (Å²) >= 11 is 0. The van der Waals surface area contributed by atoms with Gasteiger partial charge in [-0.05, 0) is 18.5 Å². The van der Waals surface area contributed by atoms with E-state index >= 15 is 0 Å². The Labute approximate surface area is 94.7 Å². The van der Waals surface area contributed by atoms with Crippen molar-refractivity contribution in [2.75, 3.05) is 0 Å². The Balaban J connectivity index is 0. The quantitative estimate of drug-likeness (QED) is 0.691. The van der Waals surface area contributed by atoms with Crippen molar-refractivity contribution in [2.45, 2.75) is 45.2 Å². The van der Waals surface area contributed by atoms with Gasteiger partial charge in [-0.25, -0.2) is 0 Å². The molecule has 1 radical (unpaired) electrons. The maximum atomic E-state index is 2.88. The van der Waals surface area contributed by atoms with Crippen LogP contribution < -0.4 is 0 Å². The molecular weight excluding hydrogens is 256 g/mol. The number of hydrogen-bond acceptors (Lipinski definition) is 0. The fourth-order valence-corrected chi connectivity index (χ4v) is 0.906. The van der Waals surface area contributed by atoms with E-state index in [-0.39, 0.29) is 41.3 Å². The van der Waals surface area contributed by atoms with Gasteiger partial charge in [-0.1, -0.05) is 26.7 Å². The third-order valence-corrected chi connectivity index (χ3v) is 2.26. The molecule has 9 heavy (non-hydrogen) atoms. The first-order valence-corrected chi connectivity index (χ1v) is 4.23. The first-order valence-electron chi connectivity index (χ1n) is 3.56. The molecule has 0 rings (SSSR count). The summed E-state index contributed by atoms with van der Waals surface area (Å²) in [5.74, 6) is 0. The van der Waals surface area contributed by atoms with Gasteiger partial charge in [0.2, 0.25) is 0 Å². The summed E-state index contributed by atoms with van der Waals surface area (Å²) in [4.78, 5) is 0. The summed E-state index contributed by atoms with van der Waals surface area (Å²) in [6.45, 7) is 4.49. The summed E-state index contributed by atoms with van der Waals surface area (Å²) < 4.78 is 0. The molecule has 0 heterocycles. The Hall–Kier alpha value is 1.79. The van der Waals surface area contributed by atoms with E-state index in [4.69, 9.17) is 0 Å². The van der Waals surface area contributed by atoms with Crippen LogP contribution >= 0.6 is 9.24 Å². The number of unbranched alkanes of at least 4 members (excludes halogenated alkanes) is 1. The second-order valence-electron chi connectivity index (χ2n) is 2.31. The van der Waals surface area contributed by atoms with Gasteiger partial charge in [0.05, 0.1) is 0 Å². The minimum absolute atomic E-state index is 0. The zero-order valence-electron chi connectivity index (χ0n) is 6.56. The van der Waals surface area contributed by atoms with Crippen molar-refractivity contribution in [1.29, 1.82) is 0 Å². The summed E-state index contributed by atoms with van der Waals surface area (Å²) in [7, 11) is 2.88. The molecule has 0 nitrogen and oxygen atoms in total. The standard InChI is InChI=1S/C7H17P.Pr/c1-3-5-6-7(8)4-2;/h7H,3-6,8H2,1-2H3;. The normalized spacial score (nSPS) is 12.3. The van der Waals surface area contributed by atoms with E-state index in [0.29, 0.717) is 0 Å². The molecule has 2 unspecified atom stereocenters. The molecular formula is C7H17PPr.